The molecule has 110 valence electrons. The lowest BCUT2D eigenvalue weighted by Gasteiger charge is -2.36. The molecule has 0 aromatic rings. The van der Waals surface area contributed by atoms with Crippen LogP contribution >= 0.6 is 0 Å². The average Bonchev–Trinajstić information content (AvgIpc) is 2.38. The minimum atomic E-state index is -0.789. The second-order valence-electron chi connectivity index (χ2n) is 5.88. The first kappa shape index (κ1) is 15.8. The summed E-state index contributed by atoms with van der Waals surface area (Å²) in [4.78, 5) is 24.5. The molecule has 3 N–H and O–H groups in total. The van der Waals surface area contributed by atoms with E-state index in [1.807, 2.05) is 0 Å². The van der Waals surface area contributed by atoms with Crippen molar-refractivity contribution in [1.82, 2.24) is 10.2 Å². The molecule has 19 heavy (non-hydrogen) atoms. The standard InChI is InChI=1S/C13H24N2O4/c1-13(2,8-16)15(3)12(19)14-10-6-4-5-9(7-10)11(17)18/h9-10,16H,4-8H2,1-3H3,(H,14,19)(H,17,18). The molecule has 1 aliphatic rings. The van der Waals surface area contributed by atoms with E-state index >= 15 is 0 Å². The average molecular weight is 272 g/mol. The summed E-state index contributed by atoms with van der Waals surface area (Å²) in [7, 11) is 1.63. The molecule has 1 rings (SSSR count). The highest BCUT2D eigenvalue weighted by molar-refractivity contribution is 5.75. The zero-order chi connectivity index (χ0) is 14.6. The third kappa shape index (κ3) is 4.09. The van der Waals surface area contributed by atoms with Crippen LogP contribution in [0.4, 0.5) is 4.79 Å². The molecule has 2 amide bonds. The lowest BCUT2D eigenvalue weighted by Crippen LogP contribution is -2.54. The monoisotopic (exact) mass is 272 g/mol. The Bertz CT molecular complexity index is 344. The van der Waals surface area contributed by atoms with Crippen molar-refractivity contribution in [2.24, 2.45) is 5.92 Å². The molecule has 0 heterocycles. The number of aliphatic hydroxyl groups is 1. The van der Waals surface area contributed by atoms with Gasteiger partial charge in [-0.05, 0) is 33.1 Å². The maximum atomic E-state index is 12.0. The van der Waals surface area contributed by atoms with Crippen LogP contribution in [0.15, 0.2) is 0 Å². The molecule has 0 aromatic carbocycles. The lowest BCUT2D eigenvalue weighted by atomic mass is 9.86. The van der Waals surface area contributed by atoms with E-state index in [1.54, 1.807) is 20.9 Å². The van der Waals surface area contributed by atoms with E-state index in [2.05, 4.69) is 5.32 Å². The van der Waals surface area contributed by atoms with Crippen LogP contribution in [0.3, 0.4) is 0 Å². The van der Waals surface area contributed by atoms with Crippen molar-refractivity contribution in [2.45, 2.75) is 51.1 Å². The topological polar surface area (TPSA) is 89.9 Å². The largest absolute Gasteiger partial charge is 0.481 e. The number of hydrogen-bond donors (Lipinski definition) is 3. The molecule has 1 saturated carbocycles. The summed E-state index contributed by atoms with van der Waals surface area (Å²) in [6.07, 6.45) is 2.78. The Labute approximate surface area is 113 Å². The molecule has 0 spiro atoms. The van der Waals surface area contributed by atoms with Crippen LogP contribution in [-0.2, 0) is 4.79 Å². The molecule has 2 unspecified atom stereocenters. The Kier molecular flexibility index (Phi) is 5.17. The van der Waals surface area contributed by atoms with E-state index < -0.39 is 11.5 Å². The van der Waals surface area contributed by atoms with Crippen molar-refractivity contribution < 1.29 is 19.8 Å². The summed E-state index contributed by atoms with van der Waals surface area (Å²) in [5.41, 5.74) is -0.634. The number of rotatable bonds is 4. The first-order chi connectivity index (χ1) is 8.77. The summed E-state index contributed by atoms with van der Waals surface area (Å²) in [6.45, 7) is 3.42. The van der Waals surface area contributed by atoms with Gasteiger partial charge in [-0.25, -0.2) is 4.79 Å². The Morgan fingerprint density at radius 2 is 2.00 bits per heavy atom. The third-order valence-corrected chi connectivity index (χ3v) is 3.95. The fourth-order valence-corrected chi connectivity index (χ4v) is 2.20. The van der Waals surface area contributed by atoms with Crippen LogP contribution in [0.1, 0.15) is 39.5 Å². The second-order valence-corrected chi connectivity index (χ2v) is 5.88. The molecule has 0 bridgehead atoms. The third-order valence-electron chi connectivity index (χ3n) is 3.95. The van der Waals surface area contributed by atoms with Crippen LogP contribution < -0.4 is 5.32 Å². The molecule has 2 atom stereocenters. The van der Waals surface area contributed by atoms with Crippen LogP contribution in [-0.4, -0.2) is 52.3 Å². The number of urea groups is 1. The van der Waals surface area contributed by atoms with Crippen molar-refractivity contribution in [3.05, 3.63) is 0 Å². The van der Waals surface area contributed by atoms with Crippen LogP contribution in [0.2, 0.25) is 0 Å². The minimum absolute atomic E-state index is 0.0979. The van der Waals surface area contributed by atoms with Gasteiger partial charge in [-0.3, -0.25) is 4.79 Å². The van der Waals surface area contributed by atoms with Gasteiger partial charge in [0.25, 0.3) is 0 Å². The maximum Gasteiger partial charge on any atom is 0.317 e. The summed E-state index contributed by atoms with van der Waals surface area (Å²) < 4.78 is 0. The Balaban J connectivity index is 2.55. The predicted octanol–water partition coefficient (Wildman–Crippen LogP) is 1.04. The number of nitrogens with one attached hydrogen (secondary N) is 1. The molecule has 0 saturated heterocycles. The highest BCUT2D eigenvalue weighted by Crippen LogP contribution is 2.24. The number of carbonyl (C=O) groups is 2. The van der Waals surface area contributed by atoms with E-state index in [1.165, 1.54) is 4.90 Å². The zero-order valence-electron chi connectivity index (χ0n) is 11.8. The molecule has 6 nitrogen and oxygen atoms in total. The quantitative estimate of drug-likeness (QED) is 0.713. The van der Waals surface area contributed by atoms with E-state index in [-0.39, 0.29) is 24.6 Å². The molecule has 1 fully saturated rings. The van der Waals surface area contributed by atoms with Crippen molar-refractivity contribution in [3.8, 4) is 0 Å². The van der Waals surface area contributed by atoms with Gasteiger partial charge < -0.3 is 20.4 Å². The van der Waals surface area contributed by atoms with Crippen LogP contribution in [0.5, 0.6) is 0 Å². The molecule has 0 radical (unpaired) electrons. The highest BCUT2D eigenvalue weighted by Gasteiger charge is 2.31. The van der Waals surface area contributed by atoms with Crippen LogP contribution in [0.25, 0.3) is 0 Å². The first-order valence-corrected chi connectivity index (χ1v) is 6.66. The Morgan fingerprint density at radius 1 is 1.37 bits per heavy atom. The zero-order valence-corrected chi connectivity index (χ0v) is 11.8. The fourth-order valence-electron chi connectivity index (χ4n) is 2.20. The normalized spacial score (nSPS) is 23.8. The number of aliphatic carboxylic acids is 1. The second kappa shape index (κ2) is 6.23. The van der Waals surface area contributed by atoms with Gasteiger partial charge in [0, 0.05) is 13.1 Å². The number of carboxylic acid groups (broad SMARTS) is 1. The van der Waals surface area contributed by atoms with Crippen molar-refractivity contribution in [1.29, 1.82) is 0 Å². The Morgan fingerprint density at radius 3 is 2.53 bits per heavy atom. The number of hydrogen-bond acceptors (Lipinski definition) is 3. The van der Waals surface area contributed by atoms with Gasteiger partial charge >= 0.3 is 12.0 Å². The molecule has 1 aliphatic carbocycles. The number of aliphatic hydroxyl groups excluding tert-OH is 1. The van der Waals surface area contributed by atoms with E-state index in [0.717, 1.165) is 12.8 Å². The summed E-state index contributed by atoms with van der Waals surface area (Å²) >= 11 is 0. The van der Waals surface area contributed by atoms with Gasteiger partial charge in [-0.1, -0.05) is 6.42 Å². The van der Waals surface area contributed by atoms with E-state index in [4.69, 9.17) is 5.11 Å². The van der Waals surface area contributed by atoms with Crippen molar-refractivity contribution >= 4 is 12.0 Å². The number of likely N-dealkylation sites (N-methyl/N-ethyl adjacent to an activating group) is 1. The van der Waals surface area contributed by atoms with Gasteiger partial charge in [0.15, 0.2) is 0 Å². The SMILES string of the molecule is CN(C(=O)NC1CCCC(C(=O)O)C1)C(C)(C)CO. The van der Waals surface area contributed by atoms with Crippen molar-refractivity contribution in [2.75, 3.05) is 13.7 Å². The van der Waals surface area contributed by atoms with Gasteiger partial charge in [0.05, 0.1) is 18.1 Å². The minimum Gasteiger partial charge on any atom is -0.481 e. The van der Waals surface area contributed by atoms with E-state index in [0.29, 0.717) is 12.8 Å². The van der Waals surface area contributed by atoms with Gasteiger partial charge in [-0.2, -0.15) is 0 Å². The highest BCUT2D eigenvalue weighted by atomic mass is 16.4. The first-order valence-electron chi connectivity index (χ1n) is 6.66. The lowest BCUT2D eigenvalue weighted by molar-refractivity contribution is -0.143. The molecule has 6 heteroatoms. The number of amides is 2. The number of nitrogens with zero attached hydrogens (tertiary/aromatic N) is 1. The van der Waals surface area contributed by atoms with Crippen molar-refractivity contribution in [3.63, 3.8) is 0 Å². The molecule has 0 aromatic heterocycles. The molecular weight excluding hydrogens is 248 g/mol. The van der Waals surface area contributed by atoms with E-state index in [9.17, 15) is 14.7 Å². The smallest absolute Gasteiger partial charge is 0.317 e. The van der Waals surface area contributed by atoms with Gasteiger partial charge in [0.2, 0.25) is 0 Å². The summed E-state index contributed by atoms with van der Waals surface area (Å²) in [6, 6.07) is -0.366. The van der Waals surface area contributed by atoms with Crippen LogP contribution in [0, 0.1) is 5.92 Å². The summed E-state index contributed by atoms with van der Waals surface area (Å²) in [5, 5.41) is 21.1. The fraction of sp³-hybridized carbons (Fsp3) is 0.846. The maximum absolute atomic E-state index is 12.0. The van der Waals surface area contributed by atoms with Gasteiger partial charge in [-0.15, -0.1) is 0 Å². The number of carbonyl (C=O) groups excluding carboxylic acids is 1. The molecular formula is C13H24N2O4. The Hall–Kier alpha value is -1.30. The number of carboxylic acids is 1. The summed E-state index contributed by atoms with van der Waals surface area (Å²) in [5.74, 6) is -1.15. The predicted molar refractivity (Wildman–Crippen MR) is 70.8 cm³/mol. The van der Waals surface area contributed by atoms with Gasteiger partial charge in [0.1, 0.15) is 0 Å². The molecule has 0 aliphatic heterocycles.